The monoisotopic (exact) mass is 309 g/mol. The van der Waals surface area contributed by atoms with Crippen LogP contribution < -0.4 is 10.1 Å². The van der Waals surface area contributed by atoms with Crippen molar-refractivity contribution in [2.24, 2.45) is 17.3 Å². The first-order valence-electron chi connectivity index (χ1n) is 7.97. The van der Waals surface area contributed by atoms with Crippen LogP contribution in [-0.4, -0.2) is 13.7 Å². The molecule has 0 aliphatic heterocycles. The minimum Gasteiger partial charge on any atom is -0.497 e. The van der Waals surface area contributed by atoms with Crippen molar-refractivity contribution in [1.82, 2.24) is 0 Å². The summed E-state index contributed by atoms with van der Waals surface area (Å²) in [6, 6.07) is 5.75. The van der Waals surface area contributed by atoms with Gasteiger partial charge in [0.05, 0.1) is 17.8 Å². The molecule has 0 atom stereocenters. The molecule has 21 heavy (non-hydrogen) atoms. The lowest BCUT2D eigenvalue weighted by Gasteiger charge is -2.37. The third-order valence-corrected chi connectivity index (χ3v) is 5.16. The van der Waals surface area contributed by atoms with Crippen molar-refractivity contribution in [2.75, 3.05) is 19.0 Å². The van der Waals surface area contributed by atoms with Crippen molar-refractivity contribution in [3.8, 4) is 5.75 Å². The first kappa shape index (κ1) is 16.5. The number of rotatable bonds is 4. The molecule has 0 radical (unpaired) electrons. The summed E-state index contributed by atoms with van der Waals surface area (Å²) in [6.07, 6.45) is 5.33. The molecule has 118 valence electrons. The fourth-order valence-electron chi connectivity index (χ4n) is 3.25. The van der Waals surface area contributed by atoms with Gasteiger partial charge in [-0.15, -0.1) is 0 Å². The number of hydrogen-bond acceptors (Lipinski definition) is 2. The second kappa shape index (κ2) is 6.91. The van der Waals surface area contributed by atoms with E-state index in [1.807, 2.05) is 18.2 Å². The number of anilines is 1. The summed E-state index contributed by atoms with van der Waals surface area (Å²) in [7, 11) is 1.68. The third kappa shape index (κ3) is 4.54. The molecular formula is C18H28ClNO. The zero-order chi connectivity index (χ0) is 15.5. The summed E-state index contributed by atoms with van der Waals surface area (Å²) in [4.78, 5) is 0. The minimum atomic E-state index is 0.453. The molecule has 0 saturated heterocycles. The predicted octanol–water partition coefficient (Wildman–Crippen LogP) is 5.61. The summed E-state index contributed by atoms with van der Waals surface area (Å²) in [5.41, 5.74) is 1.43. The van der Waals surface area contributed by atoms with Crippen LogP contribution >= 0.6 is 11.6 Å². The molecule has 1 aliphatic rings. The van der Waals surface area contributed by atoms with Gasteiger partial charge in [0.2, 0.25) is 0 Å². The summed E-state index contributed by atoms with van der Waals surface area (Å²) >= 11 is 6.24. The molecule has 2 nitrogen and oxygen atoms in total. The molecule has 0 aromatic heterocycles. The van der Waals surface area contributed by atoms with Gasteiger partial charge in [0.15, 0.2) is 0 Å². The van der Waals surface area contributed by atoms with Crippen molar-refractivity contribution in [1.29, 1.82) is 0 Å². The maximum absolute atomic E-state index is 6.24. The normalized spacial score (nSPS) is 22.9. The van der Waals surface area contributed by atoms with Crippen molar-refractivity contribution in [3.63, 3.8) is 0 Å². The molecule has 1 aromatic carbocycles. The molecule has 1 saturated carbocycles. The molecule has 1 aliphatic carbocycles. The molecule has 1 N–H and O–H groups in total. The molecule has 1 fully saturated rings. The zero-order valence-electron chi connectivity index (χ0n) is 13.7. The van der Waals surface area contributed by atoms with Gasteiger partial charge in [-0.1, -0.05) is 32.4 Å². The third-order valence-electron chi connectivity index (χ3n) is 4.83. The molecule has 0 unspecified atom stereocenters. The predicted molar refractivity (Wildman–Crippen MR) is 91.4 cm³/mol. The summed E-state index contributed by atoms with van der Waals surface area (Å²) in [5, 5.41) is 4.26. The van der Waals surface area contributed by atoms with Crippen molar-refractivity contribution in [2.45, 2.75) is 46.5 Å². The van der Waals surface area contributed by atoms with E-state index < -0.39 is 0 Å². The van der Waals surface area contributed by atoms with Crippen LogP contribution in [0.25, 0.3) is 0 Å². The van der Waals surface area contributed by atoms with Gasteiger partial charge < -0.3 is 10.1 Å². The van der Waals surface area contributed by atoms with Gasteiger partial charge >= 0.3 is 0 Å². The number of halogens is 1. The Balaban J connectivity index is 1.85. The van der Waals surface area contributed by atoms with E-state index in [4.69, 9.17) is 16.3 Å². The van der Waals surface area contributed by atoms with Gasteiger partial charge in [0.1, 0.15) is 5.75 Å². The Morgan fingerprint density at radius 1 is 1.19 bits per heavy atom. The lowest BCUT2D eigenvalue weighted by atomic mass is 9.70. The van der Waals surface area contributed by atoms with Crippen LogP contribution in [0, 0.1) is 17.3 Å². The van der Waals surface area contributed by atoms with Gasteiger partial charge in [-0.2, -0.15) is 0 Å². The van der Waals surface area contributed by atoms with Crippen LogP contribution in [-0.2, 0) is 0 Å². The lowest BCUT2D eigenvalue weighted by molar-refractivity contribution is 0.153. The number of benzene rings is 1. The highest BCUT2D eigenvalue weighted by Crippen LogP contribution is 2.40. The first-order chi connectivity index (χ1) is 9.90. The number of nitrogens with one attached hydrogen (secondary N) is 1. The topological polar surface area (TPSA) is 21.3 Å². The van der Waals surface area contributed by atoms with Gasteiger partial charge in [-0.25, -0.2) is 0 Å². The quantitative estimate of drug-likeness (QED) is 0.780. The molecule has 0 amide bonds. The Hall–Kier alpha value is -0.890. The van der Waals surface area contributed by atoms with Crippen LogP contribution in [0.15, 0.2) is 18.2 Å². The molecule has 2 rings (SSSR count). The number of ether oxygens (including phenoxy) is 1. The summed E-state index contributed by atoms with van der Waals surface area (Å²) in [6.45, 7) is 8.11. The van der Waals surface area contributed by atoms with Crippen molar-refractivity contribution >= 4 is 17.3 Å². The fourth-order valence-corrected chi connectivity index (χ4v) is 3.44. The Morgan fingerprint density at radius 2 is 1.86 bits per heavy atom. The summed E-state index contributed by atoms with van der Waals surface area (Å²) < 4.78 is 5.25. The van der Waals surface area contributed by atoms with Crippen molar-refractivity contribution in [3.05, 3.63) is 23.2 Å². The summed E-state index contributed by atoms with van der Waals surface area (Å²) in [5.74, 6) is 2.47. The Morgan fingerprint density at radius 3 is 2.43 bits per heavy atom. The molecule has 0 spiro atoms. The first-order valence-corrected chi connectivity index (χ1v) is 8.35. The number of methoxy groups -OCH3 is 1. The van der Waals surface area contributed by atoms with Gasteiger partial charge in [-0.3, -0.25) is 0 Å². The maximum Gasteiger partial charge on any atom is 0.121 e. The number of hydrogen-bond donors (Lipinski definition) is 1. The highest BCUT2D eigenvalue weighted by Gasteiger charge is 2.29. The van der Waals surface area contributed by atoms with Gasteiger partial charge in [0, 0.05) is 12.6 Å². The SMILES string of the molecule is COc1ccc(Cl)c(NCC2CCC(C(C)(C)C)CC2)c1. The largest absolute Gasteiger partial charge is 0.497 e. The minimum absolute atomic E-state index is 0.453. The highest BCUT2D eigenvalue weighted by molar-refractivity contribution is 6.33. The Labute approximate surface area is 134 Å². The maximum atomic E-state index is 6.24. The van der Waals surface area contributed by atoms with E-state index in [-0.39, 0.29) is 0 Å². The van der Waals surface area contributed by atoms with E-state index in [0.717, 1.165) is 34.8 Å². The second-order valence-corrected chi connectivity index (χ2v) is 7.72. The van der Waals surface area contributed by atoms with E-state index in [1.165, 1.54) is 25.7 Å². The average Bonchev–Trinajstić information content (AvgIpc) is 2.46. The average molecular weight is 310 g/mol. The zero-order valence-corrected chi connectivity index (χ0v) is 14.5. The smallest absolute Gasteiger partial charge is 0.121 e. The molecule has 0 heterocycles. The van der Waals surface area contributed by atoms with Crippen LogP contribution in [0.4, 0.5) is 5.69 Å². The van der Waals surface area contributed by atoms with Crippen LogP contribution in [0.1, 0.15) is 46.5 Å². The van der Waals surface area contributed by atoms with E-state index in [0.29, 0.717) is 5.41 Å². The van der Waals surface area contributed by atoms with Crippen LogP contribution in [0.3, 0.4) is 0 Å². The molecular weight excluding hydrogens is 282 g/mol. The Kier molecular flexibility index (Phi) is 5.43. The van der Waals surface area contributed by atoms with Crippen molar-refractivity contribution < 1.29 is 4.74 Å². The van der Waals surface area contributed by atoms with E-state index >= 15 is 0 Å². The second-order valence-electron chi connectivity index (χ2n) is 7.31. The standard InChI is InChI=1S/C18H28ClNO/c1-18(2,3)14-7-5-13(6-8-14)12-20-17-11-15(21-4)9-10-16(17)19/h9-11,13-14,20H,5-8,12H2,1-4H3. The molecule has 1 aromatic rings. The fraction of sp³-hybridized carbons (Fsp3) is 0.667. The highest BCUT2D eigenvalue weighted by atomic mass is 35.5. The van der Waals surface area contributed by atoms with E-state index in [2.05, 4.69) is 26.1 Å². The lowest BCUT2D eigenvalue weighted by Crippen LogP contribution is -2.28. The molecule has 0 bridgehead atoms. The van der Waals surface area contributed by atoms with E-state index in [9.17, 15) is 0 Å². The Bertz CT molecular complexity index is 459. The van der Waals surface area contributed by atoms with Crippen LogP contribution in [0.2, 0.25) is 5.02 Å². The van der Waals surface area contributed by atoms with Gasteiger partial charge in [0.25, 0.3) is 0 Å². The van der Waals surface area contributed by atoms with E-state index in [1.54, 1.807) is 7.11 Å². The van der Waals surface area contributed by atoms with Gasteiger partial charge in [-0.05, 0) is 55.1 Å². The molecule has 3 heteroatoms. The van der Waals surface area contributed by atoms with Crippen LogP contribution in [0.5, 0.6) is 5.75 Å².